The van der Waals surface area contributed by atoms with Gasteiger partial charge in [0.05, 0.1) is 32.2 Å². The third-order valence-electron chi connectivity index (χ3n) is 5.37. The van der Waals surface area contributed by atoms with Crippen molar-refractivity contribution in [3.8, 4) is 0 Å². The SMILES string of the molecule is C/C=C/C1CCC(COC2=CC=C(C3=C(F)C(F)=C(OC)CC3)CC2)CO1. The topological polar surface area (TPSA) is 27.7 Å². The fourth-order valence-corrected chi connectivity index (χ4v) is 3.75. The van der Waals surface area contributed by atoms with Gasteiger partial charge in [-0.2, -0.15) is 0 Å². The third-order valence-corrected chi connectivity index (χ3v) is 5.37. The van der Waals surface area contributed by atoms with E-state index in [4.69, 9.17) is 14.2 Å². The highest BCUT2D eigenvalue weighted by Crippen LogP contribution is 2.38. The van der Waals surface area contributed by atoms with Gasteiger partial charge in [0.15, 0.2) is 11.7 Å². The zero-order valence-electron chi connectivity index (χ0n) is 16.1. The zero-order valence-corrected chi connectivity index (χ0v) is 16.1. The van der Waals surface area contributed by atoms with E-state index in [2.05, 4.69) is 6.08 Å². The molecule has 3 rings (SSSR count). The van der Waals surface area contributed by atoms with Crippen LogP contribution in [0, 0.1) is 5.92 Å². The highest BCUT2D eigenvalue weighted by atomic mass is 19.2. The second-order valence-electron chi connectivity index (χ2n) is 7.21. The fourth-order valence-electron chi connectivity index (χ4n) is 3.75. The Bertz CT molecular complexity index is 692. The molecule has 0 aromatic rings. The summed E-state index contributed by atoms with van der Waals surface area (Å²) in [7, 11) is 1.37. The summed E-state index contributed by atoms with van der Waals surface area (Å²) >= 11 is 0. The minimum atomic E-state index is -0.862. The number of ether oxygens (including phenoxy) is 3. The monoisotopic (exact) mass is 378 g/mol. The van der Waals surface area contributed by atoms with Gasteiger partial charge in [-0.1, -0.05) is 18.2 Å². The Labute approximate surface area is 160 Å². The molecule has 0 radical (unpaired) electrons. The van der Waals surface area contributed by atoms with E-state index in [1.54, 1.807) is 0 Å². The molecule has 0 spiro atoms. The average Bonchev–Trinajstić information content (AvgIpc) is 2.70. The summed E-state index contributed by atoms with van der Waals surface area (Å²) in [5, 5.41) is 0. The first-order valence-corrected chi connectivity index (χ1v) is 9.71. The Morgan fingerprint density at radius 3 is 2.59 bits per heavy atom. The van der Waals surface area contributed by atoms with Gasteiger partial charge in [0.1, 0.15) is 5.76 Å². The second-order valence-corrected chi connectivity index (χ2v) is 7.21. The molecule has 1 heterocycles. The average molecular weight is 378 g/mol. The zero-order chi connectivity index (χ0) is 19.2. The molecule has 148 valence electrons. The van der Waals surface area contributed by atoms with E-state index in [1.807, 2.05) is 25.2 Å². The molecule has 3 nitrogen and oxygen atoms in total. The summed E-state index contributed by atoms with van der Waals surface area (Å²) in [5.74, 6) is -0.238. The Hall–Kier alpha value is -1.88. The molecule has 2 aliphatic carbocycles. The number of hydrogen-bond acceptors (Lipinski definition) is 3. The summed E-state index contributed by atoms with van der Waals surface area (Å²) < 4.78 is 44.9. The molecule has 2 atom stereocenters. The van der Waals surface area contributed by atoms with Crippen LogP contribution in [0.1, 0.15) is 45.4 Å². The number of allylic oxidation sites excluding steroid dienone is 9. The maximum absolute atomic E-state index is 14.3. The lowest BCUT2D eigenvalue weighted by Gasteiger charge is -2.28. The van der Waals surface area contributed by atoms with Crippen molar-refractivity contribution in [1.29, 1.82) is 0 Å². The first kappa shape index (κ1) is 19.9. The number of hydrogen-bond donors (Lipinski definition) is 0. The van der Waals surface area contributed by atoms with Gasteiger partial charge in [0.2, 0.25) is 0 Å². The maximum atomic E-state index is 14.3. The lowest BCUT2D eigenvalue weighted by molar-refractivity contribution is -0.0128. The largest absolute Gasteiger partial charge is 0.498 e. The molecule has 1 aliphatic heterocycles. The van der Waals surface area contributed by atoms with E-state index in [1.165, 1.54) is 7.11 Å². The minimum absolute atomic E-state index is 0.0959. The summed E-state index contributed by atoms with van der Waals surface area (Å²) in [6.45, 7) is 3.37. The highest BCUT2D eigenvalue weighted by molar-refractivity contribution is 5.45. The van der Waals surface area contributed by atoms with Crippen molar-refractivity contribution in [2.45, 2.75) is 51.6 Å². The summed E-state index contributed by atoms with van der Waals surface area (Å²) in [5.41, 5.74) is 1.31. The first-order valence-electron chi connectivity index (χ1n) is 9.71. The molecular weight excluding hydrogens is 350 g/mol. The second kappa shape index (κ2) is 9.36. The lowest BCUT2D eigenvalue weighted by Crippen LogP contribution is -2.27. The lowest BCUT2D eigenvalue weighted by atomic mass is 9.89. The fraction of sp³-hybridized carbons (Fsp3) is 0.545. The Morgan fingerprint density at radius 2 is 1.96 bits per heavy atom. The molecule has 1 saturated heterocycles. The van der Waals surface area contributed by atoms with Crippen molar-refractivity contribution in [3.05, 3.63) is 58.6 Å². The number of methoxy groups -OCH3 is 1. The van der Waals surface area contributed by atoms with Gasteiger partial charge < -0.3 is 14.2 Å². The van der Waals surface area contributed by atoms with Gasteiger partial charge >= 0.3 is 0 Å². The standard InChI is InChI=1S/C22H28F2O3/c1-3-4-17-8-5-15(13-26-17)14-27-18-9-6-16(7-10-18)19-11-12-20(25-2)22(24)21(19)23/h3-4,6,9,15,17H,5,7-8,10-14H2,1-2H3/b4-3+. The molecule has 2 unspecified atom stereocenters. The van der Waals surface area contributed by atoms with E-state index >= 15 is 0 Å². The van der Waals surface area contributed by atoms with Gasteiger partial charge in [-0.05, 0) is 49.8 Å². The van der Waals surface area contributed by atoms with E-state index in [0.29, 0.717) is 43.8 Å². The molecule has 0 aromatic carbocycles. The van der Waals surface area contributed by atoms with Crippen LogP contribution in [-0.4, -0.2) is 26.4 Å². The van der Waals surface area contributed by atoms with Crippen LogP contribution >= 0.6 is 0 Å². The van der Waals surface area contributed by atoms with Gasteiger partial charge in [0.25, 0.3) is 0 Å². The Morgan fingerprint density at radius 1 is 1.11 bits per heavy atom. The summed E-state index contributed by atoms with van der Waals surface area (Å²) in [6.07, 6.45) is 12.5. The van der Waals surface area contributed by atoms with Crippen molar-refractivity contribution in [2.24, 2.45) is 5.92 Å². The van der Waals surface area contributed by atoms with Crippen molar-refractivity contribution < 1.29 is 23.0 Å². The molecule has 27 heavy (non-hydrogen) atoms. The molecule has 0 aromatic heterocycles. The number of halogens is 2. The van der Waals surface area contributed by atoms with Crippen LogP contribution in [0.15, 0.2) is 58.6 Å². The molecule has 5 heteroatoms. The number of rotatable bonds is 6. The quantitative estimate of drug-likeness (QED) is 0.545. The Balaban J connectivity index is 1.54. The van der Waals surface area contributed by atoms with Gasteiger partial charge in [-0.25, -0.2) is 8.78 Å². The van der Waals surface area contributed by atoms with Crippen LogP contribution in [0.4, 0.5) is 8.78 Å². The van der Waals surface area contributed by atoms with Gasteiger partial charge in [0, 0.05) is 18.8 Å². The van der Waals surface area contributed by atoms with Crippen LogP contribution in [0.25, 0.3) is 0 Å². The van der Waals surface area contributed by atoms with Crippen molar-refractivity contribution >= 4 is 0 Å². The van der Waals surface area contributed by atoms with E-state index in [0.717, 1.165) is 30.8 Å². The molecule has 0 saturated carbocycles. The molecule has 0 bridgehead atoms. The molecular formula is C22H28F2O3. The van der Waals surface area contributed by atoms with Crippen molar-refractivity contribution in [1.82, 2.24) is 0 Å². The molecule has 1 fully saturated rings. The minimum Gasteiger partial charge on any atom is -0.498 e. The van der Waals surface area contributed by atoms with Gasteiger partial charge in [-0.15, -0.1) is 0 Å². The molecule has 3 aliphatic rings. The molecule has 0 amide bonds. The normalized spacial score (nSPS) is 27.0. The van der Waals surface area contributed by atoms with Crippen LogP contribution in [-0.2, 0) is 14.2 Å². The van der Waals surface area contributed by atoms with E-state index < -0.39 is 11.7 Å². The van der Waals surface area contributed by atoms with Gasteiger partial charge in [-0.3, -0.25) is 0 Å². The first-order chi connectivity index (χ1) is 13.1. The van der Waals surface area contributed by atoms with Crippen LogP contribution in [0.5, 0.6) is 0 Å². The van der Waals surface area contributed by atoms with E-state index in [-0.39, 0.29) is 11.9 Å². The highest BCUT2D eigenvalue weighted by Gasteiger charge is 2.26. The van der Waals surface area contributed by atoms with Crippen LogP contribution < -0.4 is 0 Å². The van der Waals surface area contributed by atoms with Crippen molar-refractivity contribution in [2.75, 3.05) is 20.3 Å². The molecule has 0 N–H and O–H groups in total. The van der Waals surface area contributed by atoms with Crippen LogP contribution in [0.3, 0.4) is 0 Å². The maximum Gasteiger partial charge on any atom is 0.196 e. The van der Waals surface area contributed by atoms with Crippen LogP contribution in [0.2, 0.25) is 0 Å². The van der Waals surface area contributed by atoms with E-state index in [9.17, 15) is 8.78 Å². The summed E-state index contributed by atoms with van der Waals surface area (Å²) in [4.78, 5) is 0. The third kappa shape index (κ3) is 4.89. The predicted octanol–water partition coefficient (Wildman–Crippen LogP) is 5.82. The predicted molar refractivity (Wildman–Crippen MR) is 101 cm³/mol. The van der Waals surface area contributed by atoms with Crippen molar-refractivity contribution in [3.63, 3.8) is 0 Å². The smallest absolute Gasteiger partial charge is 0.196 e. The Kier molecular flexibility index (Phi) is 6.89. The summed E-state index contributed by atoms with van der Waals surface area (Å²) in [6, 6.07) is 0.